The van der Waals surface area contributed by atoms with Gasteiger partial charge >= 0.3 is 8.25 Å². The van der Waals surface area contributed by atoms with Crippen LogP contribution in [0.25, 0.3) is 0 Å². The molecule has 1 rings (SSSR count). The summed E-state index contributed by atoms with van der Waals surface area (Å²) in [5.41, 5.74) is 5.96. The van der Waals surface area contributed by atoms with E-state index >= 15 is 0 Å². The molecule has 0 spiro atoms. The van der Waals surface area contributed by atoms with Crippen molar-refractivity contribution < 1.29 is 14.0 Å². The Morgan fingerprint density at radius 2 is 1.91 bits per heavy atom. The lowest BCUT2D eigenvalue weighted by Crippen LogP contribution is -1.84. The molecule has 11 heavy (non-hydrogen) atoms. The number of anilines is 1. The quantitative estimate of drug-likeness (QED) is 0.520. The zero-order valence-electron chi connectivity index (χ0n) is 5.60. The fourth-order valence-electron chi connectivity index (χ4n) is 0.619. The van der Waals surface area contributed by atoms with Gasteiger partial charge in [-0.15, -0.1) is 0 Å². The molecule has 59 valence electrons. The molecule has 0 aliphatic heterocycles. The first-order valence-corrected chi connectivity index (χ1v) is 4.01. The second-order valence-electron chi connectivity index (χ2n) is 1.90. The molecule has 3 N–H and O–H groups in total. The molecular formula is C6H7NO3P. The highest BCUT2D eigenvalue weighted by atomic mass is 31.1. The average molecular weight is 172 g/mol. The second kappa shape index (κ2) is 3.32. The van der Waals surface area contributed by atoms with Crippen LogP contribution in [0.1, 0.15) is 0 Å². The summed E-state index contributed by atoms with van der Waals surface area (Å²) in [7, 11) is -2.58. The fraction of sp³-hybridized carbons (Fsp3) is 0. The second-order valence-corrected chi connectivity index (χ2v) is 2.56. The maximum atomic E-state index is 10.1. The summed E-state index contributed by atoms with van der Waals surface area (Å²) in [5, 5.41) is 0. The van der Waals surface area contributed by atoms with Gasteiger partial charge in [-0.25, -0.2) is 4.57 Å². The van der Waals surface area contributed by atoms with Crippen molar-refractivity contribution in [1.29, 1.82) is 0 Å². The molecule has 1 atom stereocenters. The zero-order valence-corrected chi connectivity index (χ0v) is 6.49. The predicted octanol–water partition coefficient (Wildman–Crippen LogP) is 1.30. The molecule has 0 heterocycles. The normalized spacial score (nSPS) is 10.8. The molecule has 0 saturated heterocycles. The minimum Gasteiger partial charge on any atom is -0.399 e. The maximum absolute atomic E-state index is 10.1. The number of nitrogens with two attached hydrogens (primary N) is 1. The third-order valence-corrected chi connectivity index (χ3v) is 1.43. The Labute approximate surface area is 64.6 Å². The van der Waals surface area contributed by atoms with Gasteiger partial charge in [0.05, 0.1) is 0 Å². The van der Waals surface area contributed by atoms with E-state index in [-0.39, 0.29) is 0 Å². The van der Waals surface area contributed by atoms with Gasteiger partial charge in [-0.1, -0.05) is 0 Å². The van der Waals surface area contributed by atoms with Crippen molar-refractivity contribution in [2.24, 2.45) is 0 Å². The molecule has 0 aliphatic carbocycles. The lowest BCUT2D eigenvalue weighted by atomic mass is 10.3. The van der Waals surface area contributed by atoms with Gasteiger partial charge in [-0.3, -0.25) is 4.89 Å². The molecule has 1 unspecified atom stereocenters. The lowest BCUT2D eigenvalue weighted by Gasteiger charge is -1.98. The third kappa shape index (κ3) is 2.53. The Morgan fingerprint density at radius 3 is 2.36 bits per heavy atom. The van der Waals surface area contributed by atoms with Crippen LogP contribution in [0.15, 0.2) is 24.3 Å². The standard InChI is InChI=1S/C6H7NO3P/c7-5-1-3-6(4-2-5)10-11(8)9/h1-4H,7H2,(H,8,9). The smallest absolute Gasteiger partial charge is 0.399 e. The van der Waals surface area contributed by atoms with Gasteiger partial charge in [-0.2, -0.15) is 0 Å². The van der Waals surface area contributed by atoms with Gasteiger partial charge in [0, 0.05) is 5.69 Å². The Kier molecular flexibility index (Phi) is 2.41. The van der Waals surface area contributed by atoms with Gasteiger partial charge in [-0.05, 0) is 24.3 Å². The number of benzene rings is 1. The summed E-state index contributed by atoms with van der Waals surface area (Å²) >= 11 is 0. The van der Waals surface area contributed by atoms with Crippen molar-refractivity contribution in [2.75, 3.05) is 5.73 Å². The van der Waals surface area contributed by atoms with E-state index in [1.165, 1.54) is 12.1 Å². The van der Waals surface area contributed by atoms with Crippen LogP contribution in [-0.4, -0.2) is 4.89 Å². The monoisotopic (exact) mass is 172 g/mol. The van der Waals surface area contributed by atoms with Crippen molar-refractivity contribution in [3.05, 3.63) is 24.3 Å². The predicted molar refractivity (Wildman–Crippen MR) is 41.3 cm³/mol. The Hall–Kier alpha value is -1.12. The van der Waals surface area contributed by atoms with Crippen LogP contribution in [0, 0.1) is 0 Å². The lowest BCUT2D eigenvalue weighted by molar-refractivity contribution is 0.410. The van der Waals surface area contributed by atoms with Gasteiger partial charge < -0.3 is 10.3 Å². The van der Waals surface area contributed by atoms with E-state index in [0.29, 0.717) is 11.4 Å². The molecule has 0 saturated carbocycles. The molecule has 4 nitrogen and oxygen atoms in total. The van der Waals surface area contributed by atoms with E-state index in [1.807, 2.05) is 0 Å². The van der Waals surface area contributed by atoms with Crippen LogP contribution < -0.4 is 10.3 Å². The number of rotatable bonds is 2. The molecule has 5 heteroatoms. The van der Waals surface area contributed by atoms with E-state index in [2.05, 4.69) is 4.52 Å². The molecule has 0 amide bonds. The van der Waals surface area contributed by atoms with E-state index in [0.717, 1.165) is 0 Å². The van der Waals surface area contributed by atoms with Crippen LogP contribution >= 0.6 is 8.25 Å². The summed E-state index contributed by atoms with van der Waals surface area (Å²) in [5.74, 6) is 0.336. The number of hydrogen-bond acceptors (Lipinski definition) is 3. The van der Waals surface area contributed by atoms with Gasteiger partial charge in [0.2, 0.25) is 0 Å². The van der Waals surface area contributed by atoms with Crippen LogP contribution in [0.5, 0.6) is 5.75 Å². The van der Waals surface area contributed by atoms with Gasteiger partial charge in [0.1, 0.15) is 5.75 Å². The van der Waals surface area contributed by atoms with Crippen LogP contribution in [0.2, 0.25) is 0 Å². The molecule has 1 aromatic rings. The molecule has 0 aromatic heterocycles. The molecule has 1 aromatic carbocycles. The van der Waals surface area contributed by atoms with Crippen molar-refractivity contribution in [3.8, 4) is 5.75 Å². The van der Waals surface area contributed by atoms with Crippen LogP contribution in [0.3, 0.4) is 0 Å². The van der Waals surface area contributed by atoms with E-state index < -0.39 is 8.25 Å². The van der Waals surface area contributed by atoms with Gasteiger partial charge in [0.15, 0.2) is 0 Å². The van der Waals surface area contributed by atoms with E-state index in [1.54, 1.807) is 12.1 Å². The Balaban J connectivity index is 2.74. The average Bonchev–Trinajstić information content (AvgIpc) is 1.93. The molecule has 0 bridgehead atoms. The molecular weight excluding hydrogens is 165 g/mol. The summed E-state index contributed by atoms with van der Waals surface area (Å²) < 4.78 is 14.6. The highest BCUT2D eigenvalue weighted by Gasteiger charge is 1.96. The van der Waals surface area contributed by atoms with Crippen molar-refractivity contribution in [3.63, 3.8) is 0 Å². The third-order valence-electron chi connectivity index (χ3n) is 1.06. The van der Waals surface area contributed by atoms with Crippen LogP contribution in [-0.2, 0) is 4.57 Å². The van der Waals surface area contributed by atoms with Crippen LogP contribution in [0.4, 0.5) is 5.69 Å². The molecule has 0 aliphatic rings. The summed E-state index contributed by atoms with van der Waals surface area (Å²) in [6, 6.07) is 6.24. The Bertz CT molecular complexity index is 259. The van der Waals surface area contributed by atoms with Gasteiger partial charge in [0.25, 0.3) is 0 Å². The number of nitrogen functional groups attached to an aromatic ring is 1. The first-order valence-electron chi connectivity index (χ1n) is 2.88. The van der Waals surface area contributed by atoms with Crippen molar-refractivity contribution >= 4 is 13.9 Å². The first kappa shape index (κ1) is 7.98. The minimum atomic E-state index is -2.58. The Morgan fingerprint density at radius 1 is 1.36 bits per heavy atom. The number of hydrogen-bond donors (Lipinski definition) is 2. The molecule has 1 radical (unpaired) electrons. The summed E-state index contributed by atoms with van der Waals surface area (Å²) in [6.45, 7) is 0. The highest BCUT2D eigenvalue weighted by molar-refractivity contribution is 7.32. The van der Waals surface area contributed by atoms with Crippen molar-refractivity contribution in [2.45, 2.75) is 0 Å². The van der Waals surface area contributed by atoms with E-state index in [9.17, 15) is 4.57 Å². The molecule has 0 fully saturated rings. The van der Waals surface area contributed by atoms with Crippen molar-refractivity contribution in [1.82, 2.24) is 0 Å². The van der Waals surface area contributed by atoms with E-state index in [4.69, 9.17) is 10.6 Å². The summed E-state index contributed by atoms with van der Waals surface area (Å²) in [4.78, 5) is 8.33. The topological polar surface area (TPSA) is 72.5 Å². The zero-order chi connectivity index (χ0) is 8.27. The fourth-order valence-corrected chi connectivity index (χ4v) is 0.921. The minimum absolute atomic E-state index is 0.336. The maximum Gasteiger partial charge on any atom is 0.426 e. The largest absolute Gasteiger partial charge is 0.426 e. The summed E-state index contributed by atoms with van der Waals surface area (Å²) in [6.07, 6.45) is 0. The SMILES string of the molecule is Nc1ccc(O[P](=O)O)cc1. The highest BCUT2D eigenvalue weighted by Crippen LogP contribution is 2.22. The first-order chi connectivity index (χ1) is 5.18.